The zero-order valence-electron chi connectivity index (χ0n) is 10.9. The van der Waals surface area contributed by atoms with Crippen LogP contribution in [0, 0.1) is 5.92 Å². The number of pyridine rings is 1. The van der Waals surface area contributed by atoms with Gasteiger partial charge in [-0.2, -0.15) is 0 Å². The largest absolute Gasteiger partial charge is 0.478 e. The van der Waals surface area contributed by atoms with Crippen LogP contribution in [0.1, 0.15) is 41.6 Å². The summed E-state index contributed by atoms with van der Waals surface area (Å²) in [5.74, 6) is -0.927. The molecular formula is C13H18N2O3. The Kier molecular flexibility index (Phi) is 4.83. The Balaban J connectivity index is 2.94. The molecule has 0 spiro atoms. The molecule has 0 aliphatic rings. The van der Waals surface area contributed by atoms with Gasteiger partial charge in [-0.3, -0.25) is 9.78 Å². The van der Waals surface area contributed by atoms with Crippen molar-refractivity contribution in [1.82, 2.24) is 9.88 Å². The number of amides is 1. The quantitative estimate of drug-likeness (QED) is 0.866. The molecule has 0 aromatic carbocycles. The van der Waals surface area contributed by atoms with Crippen molar-refractivity contribution in [2.45, 2.75) is 20.8 Å². The first-order valence-corrected chi connectivity index (χ1v) is 5.94. The summed E-state index contributed by atoms with van der Waals surface area (Å²) in [5, 5.41) is 8.88. The molecule has 0 saturated carbocycles. The van der Waals surface area contributed by atoms with Crippen molar-refractivity contribution in [3.8, 4) is 0 Å². The predicted molar refractivity (Wildman–Crippen MR) is 67.6 cm³/mol. The molecule has 0 fully saturated rings. The molecule has 1 amide bonds. The van der Waals surface area contributed by atoms with Gasteiger partial charge in [0.1, 0.15) is 5.69 Å². The van der Waals surface area contributed by atoms with Gasteiger partial charge in [0.05, 0.1) is 5.56 Å². The summed E-state index contributed by atoms with van der Waals surface area (Å²) in [6.45, 7) is 7.15. The molecule has 1 aromatic rings. The Morgan fingerprint density at radius 1 is 1.44 bits per heavy atom. The number of carbonyl (C=O) groups is 2. The van der Waals surface area contributed by atoms with Gasteiger partial charge in [-0.05, 0) is 25.0 Å². The van der Waals surface area contributed by atoms with Crippen LogP contribution in [0.4, 0.5) is 0 Å². The van der Waals surface area contributed by atoms with Crippen LogP contribution < -0.4 is 0 Å². The van der Waals surface area contributed by atoms with Crippen molar-refractivity contribution in [2.75, 3.05) is 13.1 Å². The molecule has 5 heteroatoms. The molecule has 1 heterocycles. The highest BCUT2D eigenvalue weighted by atomic mass is 16.4. The third-order valence-electron chi connectivity index (χ3n) is 2.48. The standard InChI is InChI=1S/C13H18N2O3/c1-4-15(8-9(2)3)12(16)11-7-10(13(17)18)5-6-14-11/h5-7,9H,4,8H2,1-3H3,(H,17,18). The Labute approximate surface area is 106 Å². The molecule has 1 N–H and O–H groups in total. The van der Waals surface area contributed by atoms with Gasteiger partial charge in [0.2, 0.25) is 0 Å². The summed E-state index contributed by atoms with van der Waals surface area (Å²) in [5.41, 5.74) is 0.256. The molecule has 18 heavy (non-hydrogen) atoms. The second kappa shape index (κ2) is 6.14. The number of hydrogen-bond donors (Lipinski definition) is 1. The summed E-state index contributed by atoms with van der Waals surface area (Å²) >= 11 is 0. The summed E-state index contributed by atoms with van der Waals surface area (Å²) < 4.78 is 0. The number of aromatic nitrogens is 1. The average Bonchev–Trinajstić information content (AvgIpc) is 2.35. The fourth-order valence-electron chi connectivity index (χ4n) is 1.64. The second-order valence-corrected chi connectivity index (χ2v) is 4.47. The van der Waals surface area contributed by atoms with E-state index in [-0.39, 0.29) is 17.2 Å². The van der Waals surface area contributed by atoms with E-state index in [9.17, 15) is 9.59 Å². The maximum absolute atomic E-state index is 12.2. The first-order chi connectivity index (χ1) is 8.45. The van der Waals surface area contributed by atoms with Crippen LogP contribution in [0.25, 0.3) is 0 Å². The molecule has 0 atom stereocenters. The van der Waals surface area contributed by atoms with Gasteiger partial charge in [-0.15, -0.1) is 0 Å². The molecule has 0 radical (unpaired) electrons. The Morgan fingerprint density at radius 3 is 2.61 bits per heavy atom. The molecule has 0 aliphatic carbocycles. The third-order valence-corrected chi connectivity index (χ3v) is 2.48. The van der Waals surface area contributed by atoms with Crippen LogP contribution in [-0.2, 0) is 0 Å². The van der Waals surface area contributed by atoms with Crippen LogP contribution in [0.5, 0.6) is 0 Å². The van der Waals surface area contributed by atoms with E-state index >= 15 is 0 Å². The van der Waals surface area contributed by atoms with E-state index in [2.05, 4.69) is 4.98 Å². The summed E-state index contributed by atoms with van der Waals surface area (Å²) in [4.78, 5) is 28.6. The minimum Gasteiger partial charge on any atom is -0.478 e. The van der Waals surface area contributed by atoms with E-state index in [0.717, 1.165) is 0 Å². The van der Waals surface area contributed by atoms with Gasteiger partial charge in [-0.25, -0.2) is 4.79 Å². The normalized spacial score (nSPS) is 10.4. The Bertz CT molecular complexity index is 444. The Hall–Kier alpha value is -1.91. The fourth-order valence-corrected chi connectivity index (χ4v) is 1.64. The maximum atomic E-state index is 12.2. The molecule has 0 bridgehead atoms. The van der Waals surface area contributed by atoms with Gasteiger partial charge in [0, 0.05) is 19.3 Å². The molecule has 98 valence electrons. The third kappa shape index (κ3) is 3.55. The van der Waals surface area contributed by atoms with Gasteiger partial charge < -0.3 is 10.0 Å². The lowest BCUT2D eigenvalue weighted by Gasteiger charge is -2.22. The number of rotatable bonds is 5. The van der Waals surface area contributed by atoms with Crippen LogP contribution in [0.15, 0.2) is 18.3 Å². The molecule has 1 rings (SSSR count). The summed E-state index contributed by atoms with van der Waals surface area (Å²) in [6, 6.07) is 2.69. The molecule has 0 unspecified atom stereocenters. The Morgan fingerprint density at radius 2 is 2.11 bits per heavy atom. The van der Waals surface area contributed by atoms with Gasteiger partial charge in [-0.1, -0.05) is 13.8 Å². The van der Waals surface area contributed by atoms with Crippen LogP contribution in [-0.4, -0.2) is 40.0 Å². The van der Waals surface area contributed by atoms with E-state index in [1.54, 1.807) is 4.90 Å². The van der Waals surface area contributed by atoms with Crippen molar-refractivity contribution >= 4 is 11.9 Å². The van der Waals surface area contributed by atoms with Gasteiger partial charge in [0.15, 0.2) is 0 Å². The lowest BCUT2D eigenvalue weighted by Crippen LogP contribution is -2.34. The maximum Gasteiger partial charge on any atom is 0.335 e. The number of carboxylic acids is 1. The lowest BCUT2D eigenvalue weighted by atomic mass is 10.1. The van der Waals surface area contributed by atoms with Crippen molar-refractivity contribution < 1.29 is 14.7 Å². The smallest absolute Gasteiger partial charge is 0.335 e. The number of carbonyl (C=O) groups excluding carboxylic acids is 1. The first-order valence-electron chi connectivity index (χ1n) is 5.94. The van der Waals surface area contributed by atoms with Gasteiger partial charge in [0.25, 0.3) is 5.91 Å². The minimum absolute atomic E-state index is 0.0777. The average molecular weight is 250 g/mol. The van der Waals surface area contributed by atoms with Crippen molar-refractivity contribution in [1.29, 1.82) is 0 Å². The van der Waals surface area contributed by atoms with Crippen LogP contribution in [0.2, 0.25) is 0 Å². The molecule has 0 saturated heterocycles. The topological polar surface area (TPSA) is 70.5 Å². The SMILES string of the molecule is CCN(CC(C)C)C(=O)c1cc(C(=O)O)ccn1. The summed E-state index contributed by atoms with van der Waals surface area (Å²) in [6.07, 6.45) is 1.35. The highest BCUT2D eigenvalue weighted by Gasteiger charge is 2.17. The minimum atomic E-state index is -1.06. The van der Waals surface area contributed by atoms with Crippen molar-refractivity contribution in [3.63, 3.8) is 0 Å². The number of nitrogens with zero attached hydrogens (tertiary/aromatic N) is 2. The monoisotopic (exact) mass is 250 g/mol. The van der Waals surface area contributed by atoms with Crippen LogP contribution >= 0.6 is 0 Å². The molecule has 0 aliphatic heterocycles. The van der Waals surface area contributed by atoms with Gasteiger partial charge >= 0.3 is 5.97 Å². The molecule has 1 aromatic heterocycles. The highest BCUT2D eigenvalue weighted by molar-refractivity contribution is 5.95. The van der Waals surface area contributed by atoms with E-state index in [4.69, 9.17) is 5.11 Å². The first kappa shape index (κ1) is 14.2. The van der Waals surface area contributed by atoms with Crippen LogP contribution in [0.3, 0.4) is 0 Å². The number of carboxylic acid groups (broad SMARTS) is 1. The van der Waals surface area contributed by atoms with Crippen molar-refractivity contribution in [3.05, 3.63) is 29.6 Å². The summed E-state index contributed by atoms with van der Waals surface area (Å²) in [7, 11) is 0. The zero-order valence-corrected chi connectivity index (χ0v) is 10.9. The van der Waals surface area contributed by atoms with E-state index in [0.29, 0.717) is 19.0 Å². The van der Waals surface area contributed by atoms with E-state index in [1.807, 2.05) is 20.8 Å². The second-order valence-electron chi connectivity index (χ2n) is 4.47. The number of aromatic carboxylic acids is 1. The van der Waals surface area contributed by atoms with Crippen molar-refractivity contribution in [2.24, 2.45) is 5.92 Å². The zero-order chi connectivity index (χ0) is 13.7. The van der Waals surface area contributed by atoms with E-state index in [1.165, 1.54) is 18.3 Å². The highest BCUT2D eigenvalue weighted by Crippen LogP contribution is 2.08. The lowest BCUT2D eigenvalue weighted by molar-refractivity contribution is 0.0696. The predicted octanol–water partition coefficient (Wildman–Crippen LogP) is 1.90. The van der Waals surface area contributed by atoms with E-state index < -0.39 is 5.97 Å². The number of hydrogen-bond acceptors (Lipinski definition) is 3. The molecule has 5 nitrogen and oxygen atoms in total. The molecular weight excluding hydrogens is 232 g/mol. The fraction of sp³-hybridized carbons (Fsp3) is 0.462.